The first-order valence-corrected chi connectivity index (χ1v) is 8.93. The van der Waals surface area contributed by atoms with Gasteiger partial charge in [-0.25, -0.2) is 0 Å². The molecule has 150 valence electrons. The Bertz CT molecular complexity index is 1040. The van der Waals surface area contributed by atoms with E-state index < -0.39 is 29.8 Å². The fourth-order valence-corrected chi connectivity index (χ4v) is 2.92. The van der Waals surface area contributed by atoms with E-state index in [9.17, 15) is 22.8 Å². The first-order valence-electron chi connectivity index (χ1n) is 8.93. The Morgan fingerprint density at radius 1 is 0.966 bits per heavy atom. The molecule has 0 aliphatic heterocycles. The van der Waals surface area contributed by atoms with Crippen LogP contribution in [-0.2, 0) is 24.1 Å². The summed E-state index contributed by atoms with van der Waals surface area (Å²) in [7, 11) is 0. The largest absolute Gasteiger partial charge is 0.421 e. The molecule has 0 unspecified atom stereocenters. The highest BCUT2D eigenvalue weighted by atomic mass is 19.4. The molecule has 4 nitrogen and oxygen atoms in total. The summed E-state index contributed by atoms with van der Waals surface area (Å²) < 4.78 is 39.8. The van der Waals surface area contributed by atoms with E-state index in [0.717, 1.165) is 21.8 Å². The summed E-state index contributed by atoms with van der Waals surface area (Å²) >= 11 is 0. The van der Waals surface area contributed by atoms with Crippen molar-refractivity contribution in [1.82, 2.24) is 4.57 Å². The van der Waals surface area contributed by atoms with Gasteiger partial charge in [-0.05, 0) is 36.8 Å². The van der Waals surface area contributed by atoms with Crippen LogP contribution in [0, 0.1) is 6.92 Å². The topological polar surface area (TPSA) is 42.3 Å². The van der Waals surface area contributed by atoms with Crippen LogP contribution in [0.25, 0.3) is 0 Å². The number of nitrogens with zero attached hydrogens (tertiary/aromatic N) is 2. The number of anilines is 1. The van der Waals surface area contributed by atoms with Gasteiger partial charge >= 0.3 is 6.18 Å². The molecule has 29 heavy (non-hydrogen) atoms. The second kappa shape index (κ2) is 8.34. The van der Waals surface area contributed by atoms with Crippen LogP contribution in [0.5, 0.6) is 0 Å². The van der Waals surface area contributed by atoms with E-state index in [2.05, 4.69) is 0 Å². The van der Waals surface area contributed by atoms with E-state index in [-0.39, 0.29) is 6.54 Å². The van der Waals surface area contributed by atoms with Gasteiger partial charge in [0.2, 0.25) is 5.91 Å². The molecule has 7 heteroatoms. The third kappa shape index (κ3) is 4.93. The number of rotatable bonds is 5. The number of carbonyl (C=O) groups is 1. The van der Waals surface area contributed by atoms with Crippen LogP contribution in [0.15, 0.2) is 77.7 Å². The van der Waals surface area contributed by atoms with E-state index >= 15 is 0 Å². The van der Waals surface area contributed by atoms with Gasteiger partial charge in [0.25, 0.3) is 5.56 Å². The van der Waals surface area contributed by atoms with Crippen LogP contribution in [0.3, 0.4) is 0 Å². The summed E-state index contributed by atoms with van der Waals surface area (Å²) in [5, 5.41) is 0. The van der Waals surface area contributed by atoms with E-state index in [1.807, 2.05) is 49.4 Å². The molecule has 3 rings (SSSR count). The monoisotopic (exact) mass is 400 g/mol. The number of hydrogen-bond donors (Lipinski definition) is 0. The molecule has 2 aromatic carbocycles. The van der Waals surface area contributed by atoms with Crippen molar-refractivity contribution < 1.29 is 18.0 Å². The molecular formula is C22H19F3N2O2. The van der Waals surface area contributed by atoms with Crippen LogP contribution < -0.4 is 10.5 Å². The minimum absolute atomic E-state index is 0.233. The Hall–Kier alpha value is -3.35. The second-order valence-corrected chi connectivity index (χ2v) is 6.65. The maximum absolute atomic E-state index is 13.0. The molecule has 0 aliphatic rings. The molecule has 0 radical (unpaired) electrons. The lowest BCUT2D eigenvalue weighted by Crippen LogP contribution is -2.37. The molecule has 0 bridgehead atoms. The summed E-state index contributed by atoms with van der Waals surface area (Å²) in [6, 6.07) is 18.3. The molecule has 0 fully saturated rings. The van der Waals surface area contributed by atoms with Crippen molar-refractivity contribution in [3.8, 4) is 0 Å². The summed E-state index contributed by atoms with van der Waals surface area (Å²) in [6.45, 7) is 1.65. The molecule has 0 saturated heterocycles. The minimum atomic E-state index is -4.77. The fourth-order valence-electron chi connectivity index (χ4n) is 2.92. The van der Waals surface area contributed by atoms with Crippen LogP contribution in [0.2, 0.25) is 0 Å². The smallest absolute Gasteiger partial charge is 0.306 e. The van der Waals surface area contributed by atoms with Crippen LogP contribution in [0.1, 0.15) is 16.7 Å². The Morgan fingerprint density at radius 2 is 1.62 bits per heavy atom. The number of aryl methyl sites for hydroxylation is 1. The lowest BCUT2D eigenvalue weighted by Gasteiger charge is -2.24. The normalized spacial score (nSPS) is 11.3. The summed E-state index contributed by atoms with van der Waals surface area (Å²) in [6.07, 6.45) is -3.59. The minimum Gasteiger partial charge on any atom is -0.306 e. The predicted octanol–water partition coefficient (Wildman–Crippen LogP) is 4.41. The van der Waals surface area contributed by atoms with Crippen LogP contribution in [-0.4, -0.2) is 10.5 Å². The van der Waals surface area contributed by atoms with Gasteiger partial charge in [-0.1, -0.05) is 48.0 Å². The molecule has 0 aliphatic carbocycles. The maximum atomic E-state index is 13.0. The van der Waals surface area contributed by atoms with Crippen molar-refractivity contribution in [3.05, 3.63) is 100.0 Å². The quantitative estimate of drug-likeness (QED) is 0.637. The number of hydrogen-bond acceptors (Lipinski definition) is 2. The van der Waals surface area contributed by atoms with E-state index in [4.69, 9.17) is 0 Å². The van der Waals surface area contributed by atoms with Gasteiger partial charge in [0, 0.05) is 11.9 Å². The van der Waals surface area contributed by atoms with Gasteiger partial charge in [0.15, 0.2) is 0 Å². The third-order valence-electron chi connectivity index (χ3n) is 4.46. The standard InChI is InChI=1S/C22H19F3N2O2/c1-16-9-11-18(12-10-16)27(14-17-6-3-2-4-7-17)20(28)15-26-13-5-8-19(21(26)29)22(23,24)25/h2-13H,14-15H2,1H3. The first-order chi connectivity index (χ1) is 13.8. The third-order valence-corrected chi connectivity index (χ3v) is 4.46. The van der Waals surface area contributed by atoms with Gasteiger partial charge in [-0.2, -0.15) is 13.2 Å². The first kappa shape index (κ1) is 20.4. The molecule has 1 heterocycles. The maximum Gasteiger partial charge on any atom is 0.421 e. The Balaban J connectivity index is 1.93. The van der Waals surface area contributed by atoms with Crippen molar-refractivity contribution in [3.63, 3.8) is 0 Å². The van der Waals surface area contributed by atoms with E-state index in [0.29, 0.717) is 11.8 Å². The van der Waals surface area contributed by atoms with Crippen molar-refractivity contribution in [2.45, 2.75) is 26.2 Å². The molecule has 1 aromatic heterocycles. The SMILES string of the molecule is Cc1ccc(N(Cc2ccccc2)C(=O)Cn2cccc(C(F)(F)F)c2=O)cc1. The summed E-state index contributed by atoms with van der Waals surface area (Å²) in [5.74, 6) is -0.487. The van der Waals surface area contributed by atoms with Crippen molar-refractivity contribution in [2.24, 2.45) is 0 Å². The predicted molar refractivity (Wildman–Crippen MR) is 105 cm³/mol. The van der Waals surface area contributed by atoms with Crippen molar-refractivity contribution in [2.75, 3.05) is 4.90 Å². The highest BCUT2D eigenvalue weighted by molar-refractivity contribution is 5.93. The number of benzene rings is 2. The van der Waals surface area contributed by atoms with E-state index in [1.165, 1.54) is 11.1 Å². The van der Waals surface area contributed by atoms with Crippen molar-refractivity contribution >= 4 is 11.6 Å². The molecule has 0 N–H and O–H groups in total. The van der Waals surface area contributed by atoms with Crippen LogP contribution in [0.4, 0.5) is 18.9 Å². The number of pyridine rings is 1. The van der Waals surface area contributed by atoms with Gasteiger partial charge in [-0.3, -0.25) is 9.59 Å². The molecule has 0 saturated carbocycles. The summed E-state index contributed by atoms with van der Waals surface area (Å²) in [4.78, 5) is 26.6. The molecule has 3 aromatic rings. The second-order valence-electron chi connectivity index (χ2n) is 6.65. The Morgan fingerprint density at radius 3 is 2.24 bits per heavy atom. The molecule has 1 amide bonds. The highest BCUT2D eigenvalue weighted by Crippen LogP contribution is 2.26. The van der Waals surface area contributed by atoms with Gasteiger partial charge in [-0.15, -0.1) is 0 Å². The number of amides is 1. The zero-order valence-corrected chi connectivity index (χ0v) is 15.7. The van der Waals surface area contributed by atoms with Crippen LogP contribution >= 0.6 is 0 Å². The zero-order valence-electron chi connectivity index (χ0n) is 15.7. The summed E-state index contributed by atoms with van der Waals surface area (Å²) in [5.41, 5.74) is -0.0630. The number of aromatic nitrogens is 1. The van der Waals surface area contributed by atoms with Gasteiger partial charge in [0.05, 0.1) is 6.54 Å². The fraction of sp³-hybridized carbons (Fsp3) is 0.182. The highest BCUT2D eigenvalue weighted by Gasteiger charge is 2.34. The molecular weight excluding hydrogens is 381 g/mol. The van der Waals surface area contributed by atoms with Gasteiger partial charge < -0.3 is 9.47 Å². The number of carbonyl (C=O) groups excluding carboxylic acids is 1. The number of halogens is 3. The molecule has 0 atom stereocenters. The Labute approximate surface area is 165 Å². The number of alkyl halides is 3. The lowest BCUT2D eigenvalue weighted by atomic mass is 10.1. The Kier molecular flexibility index (Phi) is 5.87. The molecule has 0 spiro atoms. The lowest BCUT2D eigenvalue weighted by molar-refractivity contribution is -0.139. The van der Waals surface area contributed by atoms with E-state index in [1.54, 1.807) is 12.1 Å². The average molecular weight is 400 g/mol. The van der Waals surface area contributed by atoms with Gasteiger partial charge in [0.1, 0.15) is 12.1 Å². The average Bonchev–Trinajstić information content (AvgIpc) is 2.68. The zero-order chi connectivity index (χ0) is 21.0. The van der Waals surface area contributed by atoms with Crippen molar-refractivity contribution in [1.29, 1.82) is 0 Å².